The van der Waals surface area contributed by atoms with Crippen LogP contribution in [0.3, 0.4) is 0 Å². The van der Waals surface area contributed by atoms with Crippen molar-refractivity contribution in [1.82, 2.24) is 9.88 Å². The van der Waals surface area contributed by atoms with Crippen LogP contribution in [0.15, 0.2) is 12.3 Å². The van der Waals surface area contributed by atoms with Gasteiger partial charge < -0.3 is 15.0 Å². The highest BCUT2D eigenvalue weighted by atomic mass is 35.5. The standard InChI is InChI=1S/C9H11ClN2O3/c1-2-12-5-6(10)3-7(12)9(15)11-4-8(13)14/h3,5H,2,4H2,1H3,(H,11,15)(H,13,14). The van der Waals surface area contributed by atoms with Crippen LogP contribution in [-0.2, 0) is 11.3 Å². The van der Waals surface area contributed by atoms with Crippen LogP contribution in [0.2, 0.25) is 5.02 Å². The molecular formula is C9H11ClN2O3. The molecule has 0 saturated carbocycles. The number of nitrogens with one attached hydrogen (secondary N) is 1. The Morgan fingerprint density at radius 3 is 2.80 bits per heavy atom. The van der Waals surface area contributed by atoms with Gasteiger partial charge in [0.15, 0.2) is 0 Å². The summed E-state index contributed by atoms with van der Waals surface area (Å²) in [5, 5.41) is 11.1. The molecule has 0 bridgehead atoms. The minimum Gasteiger partial charge on any atom is -0.480 e. The van der Waals surface area contributed by atoms with Gasteiger partial charge in [-0.2, -0.15) is 0 Å². The monoisotopic (exact) mass is 230 g/mol. The van der Waals surface area contributed by atoms with E-state index in [1.165, 1.54) is 6.07 Å². The second kappa shape index (κ2) is 4.84. The van der Waals surface area contributed by atoms with Crippen LogP contribution in [0.25, 0.3) is 0 Å². The third kappa shape index (κ3) is 2.99. The minimum atomic E-state index is -1.08. The van der Waals surface area contributed by atoms with Crippen LogP contribution in [0.4, 0.5) is 0 Å². The third-order valence-electron chi connectivity index (χ3n) is 1.84. The number of hydrogen-bond acceptors (Lipinski definition) is 2. The molecule has 0 aromatic carbocycles. The van der Waals surface area contributed by atoms with E-state index >= 15 is 0 Å². The molecule has 0 spiro atoms. The molecule has 15 heavy (non-hydrogen) atoms. The molecule has 0 aliphatic carbocycles. The number of nitrogens with zero attached hydrogens (tertiary/aromatic N) is 1. The number of carbonyl (C=O) groups excluding carboxylic acids is 1. The number of aryl methyl sites for hydroxylation is 1. The van der Waals surface area contributed by atoms with Gasteiger partial charge in [0.1, 0.15) is 12.2 Å². The zero-order valence-corrected chi connectivity index (χ0v) is 8.91. The van der Waals surface area contributed by atoms with E-state index in [9.17, 15) is 9.59 Å². The SMILES string of the molecule is CCn1cc(Cl)cc1C(=O)NCC(=O)O. The molecular weight excluding hydrogens is 220 g/mol. The lowest BCUT2D eigenvalue weighted by Gasteiger charge is -2.05. The van der Waals surface area contributed by atoms with E-state index in [1.807, 2.05) is 6.92 Å². The van der Waals surface area contributed by atoms with Crippen molar-refractivity contribution in [1.29, 1.82) is 0 Å². The number of carbonyl (C=O) groups is 2. The Bertz CT molecular complexity index is 387. The average molecular weight is 231 g/mol. The maximum Gasteiger partial charge on any atom is 0.322 e. The van der Waals surface area contributed by atoms with Crippen LogP contribution in [-0.4, -0.2) is 28.1 Å². The zero-order valence-electron chi connectivity index (χ0n) is 8.16. The van der Waals surface area contributed by atoms with Gasteiger partial charge in [-0.3, -0.25) is 9.59 Å². The molecule has 0 radical (unpaired) electrons. The molecule has 82 valence electrons. The number of rotatable bonds is 4. The fourth-order valence-corrected chi connectivity index (χ4v) is 1.39. The molecule has 6 heteroatoms. The molecule has 5 nitrogen and oxygen atoms in total. The molecule has 1 aromatic rings. The maximum absolute atomic E-state index is 11.5. The Labute approximate surface area is 91.6 Å². The van der Waals surface area contributed by atoms with E-state index in [0.717, 1.165) is 0 Å². The van der Waals surface area contributed by atoms with Crippen LogP contribution in [0.5, 0.6) is 0 Å². The summed E-state index contributed by atoms with van der Waals surface area (Å²) >= 11 is 5.73. The van der Waals surface area contributed by atoms with E-state index in [0.29, 0.717) is 17.3 Å². The summed E-state index contributed by atoms with van der Waals surface area (Å²) in [4.78, 5) is 21.7. The van der Waals surface area contributed by atoms with Gasteiger partial charge in [-0.25, -0.2) is 0 Å². The number of aromatic nitrogens is 1. The van der Waals surface area contributed by atoms with Crippen molar-refractivity contribution < 1.29 is 14.7 Å². The van der Waals surface area contributed by atoms with Crippen molar-refractivity contribution in [3.63, 3.8) is 0 Å². The van der Waals surface area contributed by atoms with Gasteiger partial charge >= 0.3 is 5.97 Å². The molecule has 0 aliphatic heterocycles. The number of carboxylic acids is 1. The van der Waals surface area contributed by atoms with Crippen molar-refractivity contribution in [3.05, 3.63) is 23.0 Å². The van der Waals surface area contributed by atoms with Crippen molar-refractivity contribution >= 4 is 23.5 Å². The Balaban J connectivity index is 2.76. The summed E-state index contributed by atoms with van der Waals surface area (Å²) in [6.45, 7) is 2.07. The zero-order chi connectivity index (χ0) is 11.4. The molecule has 0 saturated heterocycles. The summed E-state index contributed by atoms with van der Waals surface area (Å²) in [7, 11) is 0. The number of hydrogen-bond donors (Lipinski definition) is 2. The van der Waals surface area contributed by atoms with Gasteiger partial charge in [-0.15, -0.1) is 0 Å². The van der Waals surface area contributed by atoms with E-state index in [1.54, 1.807) is 10.8 Å². The molecule has 0 atom stereocenters. The highest BCUT2D eigenvalue weighted by Gasteiger charge is 2.12. The average Bonchev–Trinajstić information content (AvgIpc) is 2.56. The highest BCUT2D eigenvalue weighted by molar-refractivity contribution is 6.31. The second-order valence-corrected chi connectivity index (χ2v) is 3.34. The van der Waals surface area contributed by atoms with E-state index in [-0.39, 0.29) is 0 Å². The predicted octanol–water partition coefficient (Wildman–Crippen LogP) is 0.976. The number of carboxylic acid groups (broad SMARTS) is 1. The van der Waals surface area contributed by atoms with Gasteiger partial charge in [0.05, 0.1) is 5.02 Å². The number of aliphatic carboxylic acids is 1. The van der Waals surface area contributed by atoms with Crippen molar-refractivity contribution in [2.75, 3.05) is 6.54 Å². The van der Waals surface area contributed by atoms with E-state index < -0.39 is 18.4 Å². The minimum absolute atomic E-state index is 0.365. The molecule has 1 aromatic heterocycles. The van der Waals surface area contributed by atoms with Crippen LogP contribution < -0.4 is 5.32 Å². The van der Waals surface area contributed by atoms with Gasteiger partial charge in [0.2, 0.25) is 0 Å². The number of amides is 1. The van der Waals surface area contributed by atoms with Crippen molar-refractivity contribution in [3.8, 4) is 0 Å². The molecule has 2 N–H and O–H groups in total. The van der Waals surface area contributed by atoms with Crippen molar-refractivity contribution in [2.24, 2.45) is 0 Å². The smallest absolute Gasteiger partial charge is 0.322 e. The summed E-state index contributed by atoms with van der Waals surface area (Å²) in [5.41, 5.74) is 0.365. The van der Waals surface area contributed by atoms with Crippen LogP contribution in [0, 0.1) is 0 Å². The highest BCUT2D eigenvalue weighted by Crippen LogP contribution is 2.13. The fraction of sp³-hybridized carbons (Fsp3) is 0.333. The largest absolute Gasteiger partial charge is 0.480 e. The summed E-state index contributed by atoms with van der Waals surface area (Å²) in [5.74, 6) is -1.52. The number of halogens is 1. The first-order valence-corrected chi connectivity index (χ1v) is 4.78. The van der Waals surface area contributed by atoms with Crippen LogP contribution in [0.1, 0.15) is 17.4 Å². The van der Waals surface area contributed by atoms with E-state index in [4.69, 9.17) is 16.7 Å². The van der Waals surface area contributed by atoms with Gasteiger partial charge in [-0.1, -0.05) is 11.6 Å². The molecule has 1 amide bonds. The first kappa shape index (κ1) is 11.6. The molecule has 0 unspecified atom stereocenters. The topological polar surface area (TPSA) is 71.3 Å². The normalized spacial score (nSPS) is 10.0. The van der Waals surface area contributed by atoms with Crippen LogP contribution >= 0.6 is 11.6 Å². The molecule has 1 rings (SSSR count). The summed E-state index contributed by atoms with van der Waals surface area (Å²) in [6.07, 6.45) is 1.62. The maximum atomic E-state index is 11.5. The quantitative estimate of drug-likeness (QED) is 0.810. The predicted molar refractivity (Wildman–Crippen MR) is 55.1 cm³/mol. The summed E-state index contributed by atoms with van der Waals surface area (Å²) in [6, 6.07) is 1.50. The van der Waals surface area contributed by atoms with Gasteiger partial charge in [-0.05, 0) is 13.0 Å². The van der Waals surface area contributed by atoms with Crippen molar-refractivity contribution in [2.45, 2.75) is 13.5 Å². The fourth-order valence-electron chi connectivity index (χ4n) is 1.17. The van der Waals surface area contributed by atoms with Gasteiger partial charge in [0, 0.05) is 12.7 Å². The molecule has 0 aliphatic rings. The van der Waals surface area contributed by atoms with E-state index in [2.05, 4.69) is 5.32 Å². The first-order valence-electron chi connectivity index (χ1n) is 4.40. The Kier molecular flexibility index (Phi) is 3.74. The second-order valence-electron chi connectivity index (χ2n) is 2.91. The lowest BCUT2D eigenvalue weighted by Crippen LogP contribution is -2.30. The Morgan fingerprint density at radius 1 is 1.60 bits per heavy atom. The molecule has 0 fully saturated rings. The van der Waals surface area contributed by atoms with Gasteiger partial charge in [0.25, 0.3) is 5.91 Å². The lowest BCUT2D eigenvalue weighted by atomic mass is 10.4. The summed E-state index contributed by atoms with van der Waals surface area (Å²) < 4.78 is 1.65. The Morgan fingerprint density at radius 2 is 2.27 bits per heavy atom. The Hall–Kier alpha value is -1.49. The molecule has 1 heterocycles. The third-order valence-corrected chi connectivity index (χ3v) is 2.04. The lowest BCUT2D eigenvalue weighted by molar-refractivity contribution is -0.135. The first-order chi connectivity index (χ1) is 7.04.